The molecule has 1 aliphatic rings. The molecule has 16 heavy (non-hydrogen) atoms. The highest BCUT2D eigenvalue weighted by molar-refractivity contribution is 4.84. The quantitative estimate of drug-likeness (QED) is 0.773. The fraction of sp³-hybridized carbons (Fsp3) is 0.769. The highest BCUT2D eigenvalue weighted by Crippen LogP contribution is 2.30. The zero-order valence-electron chi connectivity index (χ0n) is 10.4. The fourth-order valence-electron chi connectivity index (χ4n) is 2.62. The summed E-state index contributed by atoms with van der Waals surface area (Å²) < 4.78 is 2.14. The molecule has 90 valence electrons. The van der Waals surface area contributed by atoms with E-state index >= 15 is 0 Å². The minimum atomic E-state index is 0.748. The van der Waals surface area contributed by atoms with Crippen molar-refractivity contribution in [2.75, 3.05) is 6.54 Å². The van der Waals surface area contributed by atoms with E-state index in [4.69, 9.17) is 0 Å². The van der Waals surface area contributed by atoms with Crippen LogP contribution in [0.5, 0.6) is 0 Å². The molecule has 2 rings (SSSR count). The molecular formula is C13H23N3. The van der Waals surface area contributed by atoms with Crippen LogP contribution in [0.25, 0.3) is 0 Å². The van der Waals surface area contributed by atoms with Gasteiger partial charge in [0.25, 0.3) is 0 Å². The highest BCUT2D eigenvalue weighted by Gasteiger charge is 2.28. The molecule has 1 aromatic heterocycles. The van der Waals surface area contributed by atoms with E-state index in [1.165, 1.54) is 19.3 Å². The first kappa shape index (κ1) is 11.6. The predicted molar refractivity (Wildman–Crippen MR) is 66.2 cm³/mol. The Labute approximate surface area is 98.3 Å². The van der Waals surface area contributed by atoms with Gasteiger partial charge in [-0.05, 0) is 37.6 Å². The second-order valence-corrected chi connectivity index (χ2v) is 5.13. The number of nitrogens with zero attached hydrogens (tertiary/aromatic N) is 2. The summed E-state index contributed by atoms with van der Waals surface area (Å²) in [4.78, 5) is 4.04. The number of aryl methyl sites for hydroxylation is 1. The van der Waals surface area contributed by atoms with Gasteiger partial charge in [-0.2, -0.15) is 0 Å². The maximum Gasteiger partial charge on any atom is 0.0945 e. The minimum absolute atomic E-state index is 0.748. The number of nitrogens with one attached hydrogen (secondary N) is 1. The molecule has 0 bridgehead atoms. The first-order chi connectivity index (χ1) is 7.77. The minimum Gasteiger partial charge on any atom is -0.337 e. The lowest BCUT2D eigenvalue weighted by Crippen LogP contribution is -2.33. The first-order valence-corrected chi connectivity index (χ1v) is 6.46. The van der Waals surface area contributed by atoms with Crippen molar-refractivity contribution in [1.82, 2.24) is 14.9 Å². The topological polar surface area (TPSA) is 29.9 Å². The van der Waals surface area contributed by atoms with Gasteiger partial charge in [0.15, 0.2) is 0 Å². The standard InChI is InChI=1S/C13H23N3/c1-11-4-5-13(12(11)2)15-6-3-8-16-9-7-14-10-16/h7,9-13,15H,3-6,8H2,1-2H3. The summed E-state index contributed by atoms with van der Waals surface area (Å²) in [6.45, 7) is 6.95. The predicted octanol–water partition coefficient (Wildman–Crippen LogP) is 2.30. The van der Waals surface area contributed by atoms with Crippen LogP contribution in [0, 0.1) is 11.8 Å². The smallest absolute Gasteiger partial charge is 0.0945 e. The van der Waals surface area contributed by atoms with Crippen LogP contribution in [0.2, 0.25) is 0 Å². The molecule has 1 heterocycles. The van der Waals surface area contributed by atoms with Crippen molar-refractivity contribution in [3.8, 4) is 0 Å². The molecule has 1 fully saturated rings. The number of hydrogen-bond donors (Lipinski definition) is 1. The molecule has 0 radical (unpaired) electrons. The Balaban J connectivity index is 1.61. The highest BCUT2D eigenvalue weighted by atomic mass is 15.0. The fourth-order valence-corrected chi connectivity index (χ4v) is 2.62. The molecule has 1 saturated carbocycles. The third-order valence-electron chi connectivity index (χ3n) is 4.02. The summed E-state index contributed by atoms with van der Waals surface area (Å²) in [6.07, 6.45) is 9.69. The SMILES string of the molecule is CC1CCC(NCCCn2ccnc2)C1C. The summed E-state index contributed by atoms with van der Waals surface area (Å²) in [5.41, 5.74) is 0. The average molecular weight is 221 g/mol. The molecular weight excluding hydrogens is 198 g/mol. The van der Waals surface area contributed by atoms with Crippen molar-refractivity contribution >= 4 is 0 Å². The van der Waals surface area contributed by atoms with Crippen LogP contribution >= 0.6 is 0 Å². The van der Waals surface area contributed by atoms with Gasteiger partial charge >= 0.3 is 0 Å². The second kappa shape index (κ2) is 5.48. The van der Waals surface area contributed by atoms with Crippen molar-refractivity contribution in [2.45, 2.75) is 45.7 Å². The molecule has 0 saturated heterocycles. The van der Waals surface area contributed by atoms with Crippen LogP contribution in [0.1, 0.15) is 33.1 Å². The summed E-state index contributed by atoms with van der Waals surface area (Å²) in [6, 6.07) is 0.748. The van der Waals surface area contributed by atoms with Gasteiger partial charge in [0.05, 0.1) is 6.33 Å². The summed E-state index contributed by atoms with van der Waals surface area (Å²) in [5.74, 6) is 1.74. The first-order valence-electron chi connectivity index (χ1n) is 6.46. The Hall–Kier alpha value is -0.830. The molecule has 1 aliphatic carbocycles. The van der Waals surface area contributed by atoms with Gasteiger partial charge in [-0.3, -0.25) is 0 Å². The summed E-state index contributed by atoms with van der Waals surface area (Å²) >= 11 is 0. The van der Waals surface area contributed by atoms with Crippen LogP contribution in [0.3, 0.4) is 0 Å². The zero-order valence-corrected chi connectivity index (χ0v) is 10.4. The van der Waals surface area contributed by atoms with Crippen LogP contribution in [-0.2, 0) is 6.54 Å². The molecule has 0 spiro atoms. The number of aromatic nitrogens is 2. The van der Waals surface area contributed by atoms with E-state index < -0.39 is 0 Å². The Kier molecular flexibility index (Phi) is 3.99. The molecule has 0 aromatic carbocycles. The largest absolute Gasteiger partial charge is 0.337 e. The molecule has 1 N–H and O–H groups in total. The molecule has 0 aliphatic heterocycles. The Morgan fingerprint density at radius 3 is 2.88 bits per heavy atom. The van der Waals surface area contributed by atoms with Gasteiger partial charge in [-0.1, -0.05) is 13.8 Å². The van der Waals surface area contributed by atoms with Crippen LogP contribution in [0.15, 0.2) is 18.7 Å². The summed E-state index contributed by atoms with van der Waals surface area (Å²) in [7, 11) is 0. The van der Waals surface area contributed by atoms with E-state index in [0.717, 1.165) is 31.0 Å². The molecule has 3 atom stereocenters. The van der Waals surface area contributed by atoms with Gasteiger partial charge in [-0.25, -0.2) is 4.98 Å². The van der Waals surface area contributed by atoms with Gasteiger partial charge in [0.1, 0.15) is 0 Å². The monoisotopic (exact) mass is 221 g/mol. The van der Waals surface area contributed by atoms with Crippen LogP contribution < -0.4 is 5.32 Å². The molecule has 3 heteroatoms. The number of imidazole rings is 1. The third kappa shape index (κ3) is 2.85. The van der Waals surface area contributed by atoms with Crippen molar-refractivity contribution in [3.05, 3.63) is 18.7 Å². The molecule has 3 unspecified atom stereocenters. The lowest BCUT2D eigenvalue weighted by molar-refractivity contribution is 0.367. The zero-order chi connectivity index (χ0) is 11.4. The van der Waals surface area contributed by atoms with E-state index in [1.54, 1.807) is 0 Å². The van der Waals surface area contributed by atoms with Gasteiger partial charge in [0, 0.05) is 25.0 Å². The molecule has 3 nitrogen and oxygen atoms in total. The Bertz CT molecular complexity index is 294. The van der Waals surface area contributed by atoms with E-state index in [0.29, 0.717) is 0 Å². The Morgan fingerprint density at radius 1 is 1.38 bits per heavy atom. The van der Waals surface area contributed by atoms with Gasteiger partial charge in [-0.15, -0.1) is 0 Å². The van der Waals surface area contributed by atoms with E-state index in [1.807, 2.05) is 18.7 Å². The van der Waals surface area contributed by atoms with E-state index in [2.05, 4.69) is 28.7 Å². The maximum atomic E-state index is 4.04. The van der Waals surface area contributed by atoms with E-state index in [9.17, 15) is 0 Å². The average Bonchev–Trinajstić information content (AvgIpc) is 2.88. The van der Waals surface area contributed by atoms with Crippen molar-refractivity contribution in [3.63, 3.8) is 0 Å². The third-order valence-corrected chi connectivity index (χ3v) is 4.02. The summed E-state index contributed by atoms with van der Waals surface area (Å²) in [5, 5.41) is 3.69. The Morgan fingerprint density at radius 2 is 2.25 bits per heavy atom. The number of rotatable bonds is 5. The lowest BCUT2D eigenvalue weighted by Gasteiger charge is -2.19. The van der Waals surface area contributed by atoms with Crippen molar-refractivity contribution in [1.29, 1.82) is 0 Å². The van der Waals surface area contributed by atoms with Crippen molar-refractivity contribution in [2.24, 2.45) is 11.8 Å². The van der Waals surface area contributed by atoms with Gasteiger partial charge < -0.3 is 9.88 Å². The normalized spacial score (nSPS) is 29.8. The van der Waals surface area contributed by atoms with Crippen molar-refractivity contribution < 1.29 is 0 Å². The molecule has 0 amide bonds. The molecule has 1 aromatic rings. The van der Waals surface area contributed by atoms with Crippen LogP contribution in [0.4, 0.5) is 0 Å². The van der Waals surface area contributed by atoms with E-state index in [-0.39, 0.29) is 0 Å². The lowest BCUT2D eigenvalue weighted by atomic mass is 9.98. The van der Waals surface area contributed by atoms with Crippen LogP contribution in [-0.4, -0.2) is 22.1 Å². The maximum absolute atomic E-state index is 4.04. The van der Waals surface area contributed by atoms with Gasteiger partial charge in [0.2, 0.25) is 0 Å². The number of hydrogen-bond acceptors (Lipinski definition) is 2. The second-order valence-electron chi connectivity index (χ2n) is 5.13.